The summed E-state index contributed by atoms with van der Waals surface area (Å²) in [7, 11) is 0. The molecule has 0 aliphatic rings. The number of aryl methyl sites for hydroxylation is 1. The monoisotopic (exact) mass is 219 g/mol. The molecular formula is C12H17N3O. The van der Waals surface area contributed by atoms with Gasteiger partial charge in [0.15, 0.2) is 0 Å². The molecule has 0 radical (unpaired) electrons. The number of hydrogen-bond acceptors (Lipinski definition) is 3. The van der Waals surface area contributed by atoms with Crippen molar-refractivity contribution >= 4 is 0 Å². The van der Waals surface area contributed by atoms with Crippen molar-refractivity contribution in [1.82, 2.24) is 14.9 Å². The second-order valence-electron chi connectivity index (χ2n) is 3.79. The van der Waals surface area contributed by atoms with Gasteiger partial charge in [0.05, 0.1) is 24.3 Å². The van der Waals surface area contributed by atoms with Crippen molar-refractivity contribution in [3.8, 4) is 0 Å². The van der Waals surface area contributed by atoms with Gasteiger partial charge in [-0.1, -0.05) is 0 Å². The molecule has 0 amide bonds. The predicted molar refractivity (Wildman–Crippen MR) is 61.9 cm³/mol. The van der Waals surface area contributed by atoms with Gasteiger partial charge < -0.3 is 14.3 Å². The maximum absolute atomic E-state index is 5.34. The Morgan fingerprint density at radius 2 is 2.44 bits per heavy atom. The van der Waals surface area contributed by atoms with E-state index < -0.39 is 0 Å². The number of nitrogens with zero attached hydrogens (tertiary/aromatic N) is 2. The van der Waals surface area contributed by atoms with E-state index in [9.17, 15) is 0 Å². The highest BCUT2D eigenvalue weighted by molar-refractivity contribution is 5.04. The van der Waals surface area contributed by atoms with Gasteiger partial charge in [-0.25, -0.2) is 4.98 Å². The molecule has 16 heavy (non-hydrogen) atoms. The fourth-order valence-corrected chi connectivity index (χ4v) is 1.68. The molecule has 86 valence electrons. The van der Waals surface area contributed by atoms with Crippen molar-refractivity contribution < 1.29 is 4.42 Å². The maximum Gasteiger partial charge on any atom is 0.120 e. The zero-order valence-electron chi connectivity index (χ0n) is 9.68. The molecule has 1 atom stereocenters. The molecule has 2 aromatic rings. The van der Waals surface area contributed by atoms with E-state index in [1.807, 2.05) is 24.7 Å². The van der Waals surface area contributed by atoms with E-state index in [1.165, 1.54) is 5.69 Å². The largest absolute Gasteiger partial charge is 0.468 e. The minimum absolute atomic E-state index is 0.218. The lowest BCUT2D eigenvalue weighted by Gasteiger charge is -2.12. The molecule has 0 unspecified atom stereocenters. The van der Waals surface area contributed by atoms with Gasteiger partial charge >= 0.3 is 0 Å². The summed E-state index contributed by atoms with van der Waals surface area (Å²) in [4.78, 5) is 4.13. The average Bonchev–Trinajstić information content (AvgIpc) is 2.96. The summed E-state index contributed by atoms with van der Waals surface area (Å²) in [6.07, 6.45) is 5.45. The van der Waals surface area contributed by atoms with E-state index in [0.717, 1.165) is 18.8 Å². The van der Waals surface area contributed by atoms with Crippen LogP contribution in [-0.4, -0.2) is 9.55 Å². The average molecular weight is 219 g/mol. The van der Waals surface area contributed by atoms with Crippen molar-refractivity contribution in [2.75, 3.05) is 0 Å². The Bertz CT molecular complexity index is 419. The Labute approximate surface area is 95.3 Å². The third kappa shape index (κ3) is 2.33. The quantitative estimate of drug-likeness (QED) is 0.839. The maximum atomic E-state index is 5.34. The van der Waals surface area contributed by atoms with Crippen LogP contribution in [0, 0.1) is 0 Å². The molecule has 1 N–H and O–H groups in total. The van der Waals surface area contributed by atoms with Gasteiger partial charge in [-0.05, 0) is 26.0 Å². The second kappa shape index (κ2) is 4.99. The molecule has 2 rings (SSSR count). The Morgan fingerprint density at radius 3 is 3.12 bits per heavy atom. The third-order valence-electron chi connectivity index (χ3n) is 2.70. The standard InChI is InChI=1S/C12H17N3O/c1-3-15-9-13-7-11(15)8-14-10(2)12-5-4-6-16-12/h4-7,9-10,14H,3,8H2,1-2H3/t10-/m1/s1. The van der Waals surface area contributed by atoms with Crippen LogP contribution < -0.4 is 5.32 Å². The first-order chi connectivity index (χ1) is 7.81. The van der Waals surface area contributed by atoms with Crippen LogP contribution in [0.1, 0.15) is 31.3 Å². The Kier molecular flexibility index (Phi) is 3.41. The smallest absolute Gasteiger partial charge is 0.120 e. The molecule has 0 aromatic carbocycles. The molecule has 0 fully saturated rings. The summed E-state index contributed by atoms with van der Waals surface area (Å²) in [5, 5.41) is 3.41. The molecule has 2 aromatic heterocycles. The van der Waals surface area contributed by atoms with E-state index in [2.05, 4.69) is 28.7 Å². The van der Waals surface area contributed by atoms with Gasteiger partial charge in [-0.2, -0.15) is 0 Å². The summed E-state index contributed by atoms with van der Waals surface area (Å²) < 4.78 is 7.46. The summed E-state index contributed by atoms with van der Waals surface area (Å²) in [5.41, 5.74) is 1.20. The lowest BCUT2D eigenvalue weighted by molar-refractivity contribution is 0.426. The molecule has 4 heteroatoms. The van der Waals surface area contributed by atoms with Crippen LogP contribution in [0.25, 0.3) is 0 Å². The lowest BCUT2D eigenvalue weighted by Crippen LogP contribution is -2.19. The van der Waals surface area contributed by atoms with E-state index in [1.54, 1.807) is 6.26 Å². The van der Waals surface area contributed by atoms with Gasteiger partial charge in [0, 0.05) is 19.3 Å². The minimum atomic E-state index is 0.218. The summed E-state index contributed by atoms with van der Waals surface area (Å²) in [5.74, 6) is 0.961. The highest BCUT2D eigenvalue weighted by Gasteiger charge is 2.08. The van der Waals surface area contributed by atoms with Crippen molar-refractivity contribution in [3.05, 3.63) is 42.4 Å². The van der Waals surface area contributed by atoms with Gasteiger partial charge in [0.25, 0.3) is 0 Å². The first-order valence-electron chi connectivity index (χ1n) is 5.57. The number of nitrogens with one attached hydrogen (secondary N) is 1. The van der Waals surface area contributed by atoms with Crippen molar-refractivity contribution in [1.29, 1.82) is 0 Å². The van der Waals surface area contributed by atoms with Crippen LogP contribution in [0.5, 0.6) is 0 Å². The molecule has 0 aliphatic heterocycles. The van der Waals surface area contributed by atoms with Gasteiger partial charge in [0.2, 0.25) is 0 Å². The van der Waals surface area contributed by atoms with E-state index in [0.29, 0.717) is 0 Å². The molecule has 0 saturated heterocycles. The summed E-state index contributed by atoms with van der Waals surface area (Å²) >= 11 is 0. The van der Waals surface area contributed by atoms with Gasteiger partial charge in [-0.15, -0.1) is 0 Å². The van der Waals surface area contributed by atoms with Crippen molar-refractivity contribution in [2.24, 2.45) is 0 Å². The third-order valence-corrected chi connectivity index (χ3v) is 2.70. The molecule has 4 nitrogen and oxygen atoms in total. The first-order valence-corrected chi connectivity index (χ1v) is 5.57. The van der Waals surface area contributed by atoms with Crippen LogP contribution in [0.4, 0.5) is 0 Å². The molecule has 0 bridgehead atoms. The fourth-order valence-electron chi connectivity index (χ4n) is 1.68. The molecule has 0 aliphatic carbocycles. The van der Waals surface area contributed by atoms with Crippen molar-refractivity contribution in [3.63, 3.8) is 0 Å². The summed E-state index contributed by atoms with van der Waals surface area (Å²) in [6, 6.07) is 4.11. The van der Waals surface area contributed by atoms with Gasteiger partial charge in [-0.3, -0.25) is 0 Å². The van der Waals surface area contributed by atoms with E-state index in [-0.39, 0.29) is 6.04 Å². The van der Waals surface area contributed by atoms with E-state index in [4.69, 9.17) is 4.42 Å². The van der Waals surface area contributed by atoms with E-state index >= 15 is 0 Å². The Balaban J connectivity index is 1.92. The van der Waals surface area contributed by atoms with Crippen LogP contribution >= 0.6 is 0 Å². The second-order valence-corrected chi connectivity index (χ2v) is 3.79. The van der Waals surface area contributed by atoms with Crippen LogP contribution in [-0.2, 0) is 13.1 Å². The number of hydrogen-bond donors (Lipinski definition) is 1. The normalized spacial score (nSPS) is 12.9. The zero-order chi connectivity index (χ0) is 11.4. The first kappa shape index (κ1) is 11.0. The molecular weight excluding hydrogens is 202 g/mol. The van der Waals surface area contributed by atoms with Crippen molar-refractivity contribution in [2.45, 2.75) is 33.0 Å². The number of furan rings is 1. The number of rotatable bonds is 5. The fraction of sp³-hybridized carbons (Fsp3) is 0.417. The highest BCUT2D eigenvalue weighted by Crippen LogP contribution is 2.13. The van der Waals surface area contributed by atoms with Gasteiger partial charge in [0.1, 0.15) is 5.76 Å². The van der Waals surface area contributed by atoms with Crippen LogP contribution in [0.2, 0.25) is 0 Å². The predicted octanol–water partition coefficient (Wildman–Crippen LogP) is 2.35. The van der Waals surface area contributed by atoms with Crippen LogP contribution in [0.15, 0.2) is 35.3 Å². The minimum Gasteiger partial charge on any atom is -0.468 e. The lowest BCUT2D eigenvalue weighted by atomic mass is 10.2. The molecule has 0 saturated carbocycles. The number of aromatic nitrogens is 2. The Hall–Kier alpha value is -1.55. The number of imidazole rings is 1. The molecule has 0 spiro atoms. The van der Waals surface area contributed by atoms with Crippen LogP contribution in [0.3, 0.4) is 0 Å². The SMILES string of the molecule is CCn1cncc1CN[C@H](C)c1ccco1. The molecule has 2 heterocycles. The highest BCUT2D eigenvalue weighted by atomic mass is 16.3. The Morgan fingerprint density at radius 1 is 1.56 bits per heavy atom. The topological polar surface area (TPSA) is 43.0 Å². The zero-order valence-corrected chi connectivity index (χ0v) is 9.68. The summed E-state index contributed by atoms with van der Waals surface area (Å²) in [6.45, 7) is 5.95.